The number of esters is 1. The number of nitrogens with zero attached hydrogens (tertiary/aromatic N) is 1. The van der Waals surface area contributed by atoms with Crippen molar-refractivity contribution in [2.75, 3.05) is 39.2 Å². The van der Waals surface area contributed by atoms with Crippen LogP contribution < -0.4 is 14.8 Å². The number of fused-ring (bicyclic) bond motifs is 1. The van der Waals surface area contributed by atoms with E-state index in [1.807, 2.05) is 30.0 Å². The number of rotatable bonds is 8. The molecule has 1 heterocycles. The molecule has 0 saturated heterocycles. The van der Waals surface area contributed by atoms with E-state index < -0.39 is 0 Å². The first-order chi connectivity index (χ1) is 15.4. The number of amides is 1. The summed E-state index contributed by atoms with van der Waals surface area (Å²) in [7, 11) is 3.17. The Balaban J connectivity index is 1.85. The van der Waals surface area contributed by atoms with Crippen molar-refractivity contribution >= 4 is 29.2 Å². The minimum atomic E-state index is -0.322. The van der Waals surface area contributed by atoms with Crippen molar-refractivity contribution in [2.45, 2.75) is 32.7 Å². The van der Waals surface area contributed by atoms with Crippen LogP contribution in [0.2, 0.25) is 5.02 Å². The lowest BCUT2D eigenvalue weighted by Gasteiger charge is -2.37. The van der Waals surface area contributed by atoms with Gasteiger partial charge in [-0.1, -0.05) is 17.7 Å². The van der Waals surface area contributed by atoms with Gasteiger partial charge in [-0.2, -0.15) is 0 Å². The SMILES string of the molecule is CCOC(=O)C[C@@H]1c2cc(OC)c(OC)cc2CCN1CC(=O)Nc1ccc(C)cc1Cl. The smallest absolute Gasteiger partial charge is 0.307 e. The van der Waals surface area contributed by atoms with Gasteiger partial charge in [0.1, 0.15) is 0 Å². The second-order valence-electron chi connectivity index (χ2n) is 7.68. The molecule has 0 unspecified atom stereocenters. The van der Waals surface area contributed by atoms with Crippen molar-refractivity contribution < 1.29 is 23.8 Å². The molecule has 0 aliphatic carbocycles. The minimum absolute atomic E-state index is 0.113. The second-order valence-corrected chi connectivity index (χ2v) is 8.09. The zero-order chi connectivity index (χ0) is 23.3. The number of methoxy groups -OCH3 is 2. The van der Waals surface area contributed by atoms with Gasteiger partial charge >= 0.3 is 5.97 Å². The fraction of sp³-hybridized carbons (Fsp3) is 0.417. The van der Waals surface area contributed by atoms with Crippen molar-refractivity contribution in [3.8, 4) is 11.5 Å². The van der Waals surface area contributed by atoms with Crippen LogP contribution in [-0.4, -0.2) is 50.7 Å². The summed E-state index contributed by atoms with van der Waals surface area (Å²) in [5.74, 6) is 0.708. The van der Waals surface area contributed by atoms with E-state index in [9.17, 15) is 9.59 Å². The van der Waals surface area contributed by atoms with Gasteiger partial charge in [0.25, 0.3) is 0 Å². The third kappa shape index (κ3) is 5.53. The molecule has 172 valence electrons. The molecule has 1 aliphatic heterocycles. The summed E-state index contributed by atoms with van der Waals surface area (Å²) >= 11 is 6.26. The summed E-state index contributed by atoms with van der Waals surface area (Å²) in [6.45, 7) is 4.74. The Labute approximate surface area is 193 Å². The van der Waals surface area contributed by atoms with Gasteiger partial charge in [0.05, 0.1) is 44.5 Å². The molecule has 0 spiro atoms. The van der Waals surface area contributed by atoms with Crippen LogP contribution >= 0.6 is 11.6 Å². The molecule has 2 aromatic carbocycles. The maximum Gasteiger partial charge on any atom is 0.307 e. The van der Waals surface area contributed by atoms with Gasteiger partial charge in [-0.25, -0.2) is 0 Å². The lowest BCUT2D eigenvalue weighted by Crippen LogP contribution is -2.41. The highest BCUT2D eigenvalue weighted by molar-refractivity contribution is 6.33. The summed E-state index contributed by atoms with van der Waals surface area (Å²) in [4.78, 5) is 27.2. The predicted molar refractivity (Wildman–Crippen MR) is 124 cm³/mol. The maximum atomic E-state index is 12.8. The number of carbonyl (C=O) groups is 2. The molecule has 1 N–H and O–H groups in total. The van der Waals surface area contributed by atoms with Gasteiger partial charge in [0, 0.05) is 12.6 Å². The van der Waals surface area contributed by atoms with E-state index in [1.54, 1.807) is 33.3 Å². The first kappa shape index (κ1) is 23.9. The van der Waals surface area contributed by atoms with Crippen LogP contribution in [0.5, 0.6) is 11.5 Å². The largest absolute Gasteiger partial charge is 0.493 e. The topological polar surface area (TPSA) is 77.1 Å². The lowest BCUT2D eigenvalue weighted by molar-refractivity contribution is -0.145. The number of hydrogen-bond acceptors (Lipinski definition) is 6. The molecular formula is C24H29ClN2O5. The number of hydrogen-bond donors (Lipinski definition) is 1. The highest BCUT2D eigenvalue weighted by Gasteiger charge is 2.32. The van der Waals surface area contributed by atoms with Gasteiger partial charge in [-0.15, -0.1) is 0 Å². The van der Waals surface area contributed by atoms with Crippen molar-refractivity contribution in [3.63, 3.8) is 0 Å². The standard InChI is InChI=1S/C24H29ClN2O5/c1-5-32-24(29)13-20-17-12-22(31-4)21(30-3)11-16(17)8-9-27(20)14-23(28)26-19-7-6-15(2)10-18(19)25/h6-7,10-12,20H,5,8-9,13-14H2,1-4H3,(H,26,28)/t20-/m1/s1. The Bertz CT molecular complexity index is 995. The molecule has 0 fully saturated rings. The van der Waals surface area contributed by atoms with E-state index >= 15 is 0 Å². The highest BCUT2D eigenvalue weighted by atomic mass is 35.5. The molecule has 1 atom stereocenters. The van der Waals surface area contributed by atoms with Crippen LogP contribution in [-0.2, 0) is 20.7 Å². The summed E-state index contributed by atoms with van der Waals surface area (Å²) in [5.41, 5.74) is 3.57. The Morgan fingerprint density at radius 1 is 1.16 bits per heavy atom. The first-order valence-corrected chi connectivity index (χ1v) is 10.9. The van der Waals surface area contributed by atoms with Gasteiger partial charge < -0.3 is 19.5 Å². The Kier molecular flexibility index (Phi) is 7.99. The van der Waals surface area contributed by atoms with Gasteiger partial charge in [-0.05, 0) is 61.2 Å². The minimum Gasteiger partial charge on any atom is -0.493 e. The number of anilines is 1. The van der Waals surface area contributed by atoms with E-state index in [-0.39, 0.29) is 30.9 Å². The van der Waals surface area contributed by atoms with Crippen LogP contribution in [0.4, 0.5) is 5.69 Å². The Morgan fingerprint density at radius 2 is 1.88 bits per heavy atom. The quantitative estimate of drug-likeness (QED) is 0.596. The number of nitrogens with one attached hydrogen (secondary N) is 1. The molecule has 7 nitrogen and oxygen atoms in total. The molecule has 0 aromatic heterocycles. The van der Waals surface area contributed by atoms with E-state index in [0.29, 0.717) is 41.8 Å². The number of aryl methyl sites for hydroxylation is 1. The van der Waals surface area contributed by atoms with E-state index in [1.165, 1.54) is 0 Å². The third-order valence-corrected chi connectivity index (χ3v) is 5.84. The van der Waals surface area contributed by atoms with E-state index in [0.717, 1.165) is 16.7 Å². The summed E-state index contributed by atoms with van der Waals surface area (Å²) in [6.07, 6.45) is 0.850. The van der Waals surface area contributed by atoms with Crippen LogP contribution in [0.3, 0.4) is 0 Å². The predicted octanol–water partition coefficient (Wildman–Crippen LogP) is 4.16. The fourth-order valence-electron chi connectivity index (χ4n) is 3.98. The Hall–Kier alpha value is -2.77. The zero-order valence-electron chi connectivity index (χ0n) is 18.9. The monoisotopic (exact) mass is 460 g/mol. The van der Waals surface area contributed by atoms with Crippen LogP contribution in [0, 0.1) is 6.92 Å². The summed E-state index contributed by atoms with van der Waals surface area (Å²) in [5, 5.41) is 3.36. The van der Waals surface area contributed by atoms with Gasteiger partial charge in [-0.3, -0.25) is 14.5 Å². The van der Waals surface area contributed by atoms with Crippen LogP contribution in [0.15, 0.2) is 30.3 Å². The average Bonchev–Trinajstić information content (AvgIpc) is 2.76. The second kappa shape index (κ2) is 10.7. The highest BCUT2D eigenvalue weighted by Crippen LogP contribution is 2.39. The van der Waals surface area contributed by atoms with Crippen molar-refractivity contribution in [1.82, 2.24) is 4.90 Å². The number of carbonyl (C=O) groups excluding carboxylic acids is 2. The first-order valence-electron chi connectivity index (χ1n) is 10.6. The molecule has 32 heavy (non-hydrogen) atoms. The Morgan fingerprint density at radius 3 is 2.53 bits per heavy atom. The molecule has 3 rings (SSSR count). The number of halogens is 1. The van der Waals surface area contributed by atoms with Crippen molar-refractivity contribution in [1.29, 1.82) is 0 Å². The fourth-order valence-corrected chi connectivity index (χ4v) is 4.26. The van der Waals surface area contributed by atoms with Gasteiger partial charge in [0.15, 0.2) is 11.5 Å². The van der Waals surface area contributed by atoms with E-state index in [2.05, 4.69) is 5.32 Å². The summed E-state index contributed by atoms with van der Waals surface area (Å²) in [6, 6.07) is 8.99. The van der Waals surface area contributed by atoms with Gasteiger partial charge in [0.2, 0.25) is 5.91 Å². The van der Waals surface area contributed by atoms with Crippen LogP contribution in [0.1, 0.15) is 36.1 Å². The summed E-state index contributed by atoms with van der Waals surface area (Å²) < 4.78 is 16.1. The maximum absolute atomic E-state index is 12.8. The van der Waals surface area contributed by atoms with E-state index in [4.69, 9.17) is 25.8 Å². The molecule has 0 bridgehead atoms. The zero-order valence-corrected chi connectivity index (χ0v) is 19.6. The molecular weight excluding hydrogens is 432 g/mol. The molecule has 0 saturated carbocycles. The molecule has 0 radical (unpaired) electrons. The molecule has 1 amide bonds. The van der Waals surface area contributed by atoms with Crippen molar-refractivity contribution in [3.05, 3.63) is 52.0 Å². The number of benzene rings is 2. The average molecular weight is 461 g/mol. The number of ether oxygens (including phenoxy) is 3. The lowest BCUT2D eigenvalue weighted by atomic mass is 9.90. The third-order valence-electron chi connectivity index (χ3n) is 5.52. The molecule has 2 aromatic rings. The molecule has 1 aliphatic rings. The molecule has 8 heteroatoms. The van der Waals surface area contributed by atoms with Crippen molar-refractivity contribution in [2.24, 2.45) is 0 Å². The van der Waals surface area contributed by atoms with Crippen LogP contribution in [0.25, 0.3) is 0 Å². The normalized spacial score (nSPS) is 15.6.